The number of carbonyl (C=O) groups is 1. The Kier molecular flexibility index (Phi) is 14.6. The number of rotatable bonds is 16. The van der Waals surface area contributed by atoms with E-state index in [1.807, 2.05) is 0 Å². The fourth-order valence-corrected chi connectivity index (χ4v) is 2.39. The molecule has 0 fully saturated rings. The maximum atomic E-state index is 11.4. The monoisotopic (exact) mass is 312 g/mol. The van der Waals surface area contributed by atoms with E-state index < -0.39 is 12.3 Å². The average Bonchev–Trinajstić information content (AvgIpc) is 2.55. The van der Waals surface area contributed by atoms with Crippen molar-refractivity contribution in [3.63, 3.8) is 0 Å². The molecule has 0 aromatic rings. The molecule has 0 aliphatic heterocycles. The second-order valence-corrected chi connectivity index (χ2v) is 5.88. The Morgan fingerprint density at radius 3 is 1.86 bits per heavy atom. The quantitative estimate of drug-likeness (QED) is 0.183. The minimum absolute atomic E-state index is 0.240. The van der Waals surface area contributed by atoms with Crippen LogP contribution >= 0.6 is 0 Å². The molecule has 0 saturated carbocycles. The molecule has 22 heavy (non-hydrogen) atoms. The number of carbonyl (C=O) groups excluding carboxylic acids is 1. The summed E-state index contributed by atoms with van der Waals surface area (Å²) < 4.78 is 20.1. The van der Waals surface area contributed by atoms with Crippen LogP contribution in [-0.4, -0.2) is 12.6 Å². The van der Waals surface area contributed by atoms with Gasteiger partial charge in [-0.25, -0.2) is 0 Å². The first-order valence-electron chi connectivity index (χ1n) is 10.4. The molecule has 0 aromatic heterocycles. The summed E-state index contributed by atoms with van der Waals surface area (Å²) in [5, 5.41) is 0. The van der Waals surface area contributed by atoms with Crippen LogP contribution in [0, 0.1) is 0 Å². The minimum atomic E-state index is -1.83. The molecule has 0 radical (unpaired) electrons. The molecule has 0 heterocycles. The van der Waals surface area contributed by atoms with Crippen molar-refractivity contribution in [1.82, 2.24) is 0 Å². The lowest BCUT2D eigenvalue weighted by molar-refractivity contribution is -0.143. The average molecular weight is 313 g/mol. The van der Waals surface area contributed by atoms with Gasteiger partial charge < -0.3 is 4.74 Å². The van der Waals surface area contributed by atoms with Crippen molar-refractivity contribution in [3.8, 4) is 0 Å². The molecule has 2 nitrogen and oxygen atoms in total. The molecule has 0 atom stereocenters. The zero-order chi connectivity index (χ0) is 18.1. The Bertz CT molecular complexity index is 328. The van der Waals surface area contributed by atoms with E-state index >= 15 is 0 Å². The Balaban J connectivity index is 3.41. The predicted octanol–water partition coefficient (Wildman–Crippen LogP) is 6.59. The fourth-order valence-electron chi connectivity index (χ4n) is 2.39. The number of ether oxygens (including phenoxy) is 1. The van der Waals surface area contributed by atoms with E-state index in [2.05, 4.69) is 19.1 Å². The number of allylic oxidation sites excluding steroid dienone is 2. The molecule has 0 bridgehead atoms. The SMILES string of the molecule is [2H]C([2H])(CCCCCC/C=C/CCCCCCCC)C(=O)OCC. The third-order valence-corrected chi connectivity index (χ3v) is 3.73. The van der Waals surface area contributed by atoms with Crippen LogP contribution < -0.4 is 0 Å². The van der Waals surface area contributed by atoms with Crippen LogP contribution in [0.1, 0.15) is 106 Å². The molecule has 2 heteroatoms. The zero-order valence-corrected chi connectivity index (χ0v) is 14.9. The third kappa shape index (κ3) is 17.3. The van der Waals surface area contributed by atoms with Gasteiger partial charge in [0.25, 0.3) is 0 Å². The second-order valence-electron chi connectivity index (χ2n) is 5.88. The van der Waals surface area contributed by atoms with Gasteiger partial charge in [-0.15, -0.1) is 0 Å². The summed E-state index contributed by atoms with van der Waals surface area (Å²) in [5.41, 5.74) is 0. The van der Waals surface area contributed by atoms with Gasteiger partial charge >= 0.3 is 5.97 Å². The normalized spacial score (nSPS) is 13.2. The summed E-state index contributed by atoms with van der Waals surface area (Å²) in [7, 11) is 0. The summed E-state index contributed by atoms with van der Waals surface area (Å²) in [4.78, 5) is 11.4. The Labute approximate surface area is 141 Å². The Morgan fingerprint density at radius 2 is 1.32 bits per heavy atom. The van der Waals surface area contributed by atoms with E-state index in [9.17, 15) is 4.79 Å². The first-order chi connectivity index (χ1) is 11.5. The van der Waals surface area contributed by atoms with E-state index in [4.69, 9.17) is 7.48 Å². The summed E-state index contributed by atoms with van der Waals surface area (Å²) in [6.07, 6.45) is 17.4. The summed E-state index contributed by atoms with van der Waals surface area (Å²) >= 11 is 0. The van der Waals surface area contributed by atoms with Gasteiger partial charge in [-0.2, -0.15) is 0 Å². The van der Waals surface area contributed by atoms with Crippen molar-refractivity contribution in [1.29, 1.82) is 0 Å². The molecule has 0 spiro atoms. The van der Waals surface area contributed by atoms with E-state index in [1.54, 1.807) is 6.92 Å². The molecule has 0 aliphatic rings. The highest BCUT2D eigenvalue weighted by molar-refractivity contribution is 5.69. The molecular formula is C20H38O2. The molecule has 0 unspecified atom stereocenters. The maximum Gasteiger partial charge on any atom is 0.305 e. The molecule has 0 aliphatic carbocycles. The lowest BCUT2D eigenvalue weighted by Gasteiger charge is -2.01. The van der Waals surface area contributed by atoms with E-state index in [1.165, 1.54) is 44.9 Å². The summed E-state index contributed by atoms with van der Waals surface area (Å²) in [5.74, 6) is -0.720. The van der Waals surface area contributed by atoms with Crippen LogP contribution in [0.5, 0.6) is 0 Å². The smallest absolute Gasteiger partial charge is 0.305 e. The highest BCUT2D eigenvalue weighted by Crippen LogP contribution is 2.10. The number of hydrogen-bond acceptors (Lipinski definition) is 2. The van der Waals surface area contributed by atoms with E-state index in [0.29, 0.717) is 0 Å². The molecule has 130 valence electrons. The van der Waals surface area contributed by atoms with Crippen molar-refractivity contribution in [3.05, 3.63) is 12.2 Å². The molecule has 0 saturated heterocycles. The van der Waals surface area contributed by atoms with Gasteiger partial charge in [0.05, 0.1) is 6.61 Å². The number of unbranched alkanes of at least 4 members (excludes halogenated alkanes) is 10. The minimum Gasteiger partial charge on any atom is -0.466 e. The van der Waals surface area contributed by atoms with Crippen LogP contribution in [0.15, 0.2) is 12.2 Å². The van der Waals surface area contributed by atoms with Gasteiger partial charge in [-0.1, -0.05) is 70.4 Å². The van der Waals surface area contributed by atoms with Crippen LogP contribution in [0.3, 0.4) is 0 Å². The Morgan fingerprint density at radius 1 is 0.818 bits per heavy atom. The molecule has 0 rings (SSSR count). The van der Waals surface area contributed by atoms with E-state index in [-0.39, 0.29) is 13.0 Å². The number of hydrogen-bond donors (Lipinski definition) is 0. The molecule has 0 N–H and O–H groups in total. The van der Waals surface area contributed by atoms with E-state index in [0.717, 1.165) is 32.1 Å². The first-order valence-corrected chi connectivity index (χ1v) is 9.36. The molecular weight excluding hydrogens is 272 g/mol. The van der Waals surface area contributed by atoms with Gasteiger partial charge in [0.1, 0.15) is 0 Å². The number of esters is 1. The van der Waals surface area contributed by atoms with Crippen LogP contribution in [0.25, 0.3) is 0 Å². The largest absolute Gasteiger partial charge is 0.466 e. The lowest BCUT2D eigenvalue weighted by atomic mass is 10.1. The predicted molar refractivity (Wildman–Crippen MR) is 96.1 cm³/mol. The highest BCUT2D eigenvalue weighted by Gasteiger charge is 2.00. The van der Waals surface area contributed by atoms with Gasteiger partial charge in [-0.3, -0.25) is 4.79 Å². The molecule has 0 aromatic carbocycles. The van der Waals surface area contributed by atoms with Gasteiger partial charge in [0.15, 0.2) is 0 Å². The lowest BCUT2D eigenvalue weighted by Crippen LogP contribution is -2.03. The summed E-state index contributed by atoms with van der Waals surface area (Å²) in [6.45, 7) is 4.19. The zero-order valence-electron chi connectivity index (χ0n) is 16.9. The van der Waals surface area contributed by atoms with Crippen molar-refractivity contribution < 1.29 is 12.3 Å². The second kappa shape index (κ2) is 18.3. The first kappa shape index (κ1) is 17.6. The van der Waals surface area contributed by atoms with Crippen LogP contribution in [0.4, 0.5) is 0 Å². The summed E-state index contributed by atoms with van der Waals surface area (Å²) in [6, 6.07) is 0. The van der Waals surface area contributed by atoms with Gasteiger partial charge in [0, 0.05) is 9.11 Å². The van der Waals surface area contributed by atoms with Crippen LogP contribution in [0.2, 0.25) is 0 Å². The van der Waals surface area contributed by atoms with Crippen LogP contribution in [-0.2, 0) is 9.53 Å². The topological polar surface area (TPSA) is 26.3 Å². The van der Waals surface area contributed by atoms with Crippen molar-refractivity contribution >= 4 is 5.97 Å². The molecule has 0 amide bonds. The van der Waals surface area contributed by atoms with Crippen molar-refractivity contribution in [2.45, 2.75) is 104 Å². The van der Waals surface area contributed by atoms with Crippen molar-refractivity contribution in [2.24, 2.45) is 0 Å². The maximum absolute atomic E-state index is 11.4. The van der Waals surface area contributed by atoms with Gasteiger partial charge in [0.2, 0.25) is 0 Å². The third-order valence-electron chi connectivity index (χ3n) is 3.73. The van der Waals surface area contributed by atoms with Gasteiger partial charge in [-0.05, 0) is 39.0 Å². The highest BCUT2D eigenvalue weighted by atomic mass is 16.5. The fraction of sp³-hybridized carbons (Fsp3) is 0.850. The standard InChI is InChI=1S/C20H38O2/c1-3-5-6-7-8-9-10-11-12-13-14-15-16-17-18-19-20(21)22-4-2/h11-12H,3-10,13-19H2,1-2H3/b12-11+/i19D2. The van der Waals surface area contributed by atoms with Crippen molar-refractivity contribution in [2.75, 3.05) is 6.61 Å². The Hall–Kier alpha value is -0.790.